The molecule has 3 aromatic carbocycles. The van der Waals surface area contributed by atoms with E-state index in [1.54, 1.807) is 84.5 Å². The predicted molar refractivity (Wildman–Crippen MR) is 312 cm³/mol. The van der Waals surface area contributed by atoms with Gasteiger partial charge in [0.05, 0.1) is 35.5 Å². The fourth-order valence-corrected chi connectivity index (χ4v) is 9.46. The Morgan fingerprint density at radius 1 is 0.518 bits per heavy atom. The fraction of sp³-hybridized carbons (Fsp3) is 0.185. The molecule has 0 aliphatic heterocycles. The van der Waals surface area contributed by atoms with Crippen LogP contribution >= 0.6 is 15.9 Å². The molecule has 0 aliphatic carbocycles. The molecular weight excluding hydrogens is 1140 g/mol. The van der Waals surface area contributed by atoms with E-state index >= 15 is 0 Å². The summed E-state index contributed by atoms with van der Waals surface area (Å²) >= 11 is 3.52. The van der Waals surface area contributed by atoms with Crippen LogP contribution in [0.25, 0.3) is 72.8 Å². The zero-order valence-corrected chi connectivity index (χ0v) is 47.7. The minimum Gasteiger partial charge on any atom is -0.423 e. The molecule has 12 rings (SSSR count). The smallest absolute Gasteiger partial charge is 0.423 e. The lowest BCUT2D eigenvalue weighted by Crippen LogP contribution is -2.29. The number of fused-ring (bicyclic) bond motifs is 3. The molecule has 0 amide bonds. The van der Waals surface area contributed by atoms with Crippen LogP contribution in [0, 0.1) is 20.8 Å². The zero-order chi connectivity index (χ0) is 59.2. The summed E-state index contributed by atoms with van der Waals surface area (Å²) in [5.41, 5.74) is 12.1. The van der Waals surface area contributed by atoms with Crippen LogP contribution in [0.2, 0.25) is 0 Å². The number of carbonyl (C=O) groups is 2. The summed E-state index contributed by atoms with van der Waals surface area (Å²) in [5.74, 6) is 4.35. The van der Waals surface area contributed by atoms with Crippen LogP contribution in [0.1, 0.15) is 50.2 Å². The molecule has 0 saturated carbocycles. The van der Waals surface area contributed by atoms with Crippen molar-refractivity contribution in [1.82, 2.24) is 88.1 Å². The van der Waals surface area contributed by atoms with Gasteiger partial charge in [0.15, 0.2) is 17.5 Å². The highest BCUT2D eigenvalue weighted by Crippen LogP contribution is 2.38. The highest BCUT2D eigenvalue weighted by Gasteiger charge is 2.25. The topological polar surface area (TPSA) is 293 Å². The van der Waals surface area contributed by atoms with Crippen molar-refractivity contribution in [2.75, 3.05) is 37.1 Å². The monoisotopic (exact) mass is 1190 g/mol. The van der Waals surface area contributed by atoms with Crippen LogP contribution in [0.4, 0.5) is 26.2 Å². The number of aldehydes is 2. The van der Waals surface area contributed by atoms with Crippen molar-refractivity contribution in [2.45, 2.75) is 27.2 Å². The number of carbonyl (C=O) groups excluding carboxylic acids is 2. The van der Waals surface area contributed by atoms with Gasteiger partial charge in [0.25, 0.3) is 6.43 Å². The number of alkyl halides is 2. The lowest BCUT2D eigenvalue weighted by atomic mass is 9.80. The van der Waals surface area contributed by atoms with Gasteiger partial charge in [-0.25, -0.2) is 52.2 Å². The van der Waals surface area contributed by atoms with E-state index in [9.17, 15) is 18.4 Å². The molecule has 0 spiro atoms. The zero-order valence-electron chi connectivity index (χ0n) is 46.1. The molecule has 0 fully saturated rings. The number of aryl methyl sites for hydroxylation is 6. The molecular formula is C54H53BBrF2N21O4. The number of halogens is 3. The van der Waals surface area contributed by atoms with Crippen LogP contribution in [-0.4, -0.2) is 139 Å². The second kappa shape index (κ2) is 24.8. The first-order valence-corrected chi connectivity index (χ1v) is 26.0. The summed E-state index contributed by atoms with van der Waals surface area (Å²) in [5, 5.41) is 52.3. The minimum atomic E-state index is -2.50. The molecule has 0 aliphatic rings. The summed E-state index contributed by atoms with van der Waals surface area (Å²) in [6, 6.07) is 19.6. The standard InChI is InChI=1S/C18H17F2N7.C18H17N7O.C11H12BrN7.C7H7BO3/c1-10-25-14(16-18(21-2)22-9-24-27(10)16)13-8-23-26(3)15(13)11-4-6-12(7-5-11)17(19)20;1-11-23-15(17-18(19-2)20-10-22-25(11)17)14-8-21-24(3)16(14)13-6-4-12(9-26)5-7-13;1-6-17-8(7-4-15-18(3)10(7)12)9-11(13-2)14-5-16-19(6)9;9-5-6-1-3-7(4-2-6)8(10)11/h4-9,17H,1-3H3,(H,21,22,24);4-10H,1-3H3,(H,19,20,22);4-5H,1-3H3,(H,13,14,16);1-5,10-11H. The molecule has 9 aromatic heterocycles. The van der Waals surface area contributed by atoms with Crippen molar-refractivity contribution in [3.63, 3.8) is 0 Å². The van der Waals surface area contributed by atoms with Gasteiger partial charge in [0, 0.05) is 81.2 Å². The van der Waals surface area contributed by atoms with Gasteiger partial charge in [-0.15, -0.1) is 0 Å². The maximum Gasteiger partial charge on any atom is 0.488 e. The largest absolute Gasteiger partial charge is 0.488 e. The Labute approximate surface area is 480 Å². The lowest BCUT2D eigenvalue weighted by Gasteiger charge is -2.08. The quantitative estimate of drug-likeness (QED) is 0.0632. The predicted octanol–water partition coefficient (Wildman–Crippen LogP) is 6.65. The molecule has 83 heavy (non-hydrogen) atoms. The van der Waals surface area contributed by atoms with E-state index in [0.29, 0.717) is 46.0 Å². The molecule has 422 valence electrons. The van der Waals surface area contributed by atoms with Crippen LogP contribution in [0.15, 0.2) is 115 Å². The fourth-order valence-electron chi connectivity index (χ4n) is 9.08. The molecule has 0 unspecified atom stereocenters. The van der Waals surface area contributed by atoms with Crippen molar-refractivity contribution >= 4 is 75.1 Å². The SMILES string of the molecule is CNc1ncnn2c(C)nc(-c3cnn(C)c3-c3ccc(C(F)F)cc3)c12.CNc1ncnn2c(C)nc(-c3cnn(C)c3-c3ccc(C=O)cc3)c12.CNc1ncnn2c(C)nc(-c3cnn(C)c3Br)c12.O=Cc1ccc(B(O)O)cc1. The summed E-state index contributed by atoms with van der Waals surface area (Å²) in [6.07, 6.45) is 8.78. The number of nitrogens with zero attached hydrogens (tertiary/aromatic N) is 18. The van der Waals surface area contributed by atoms with Gasteiger partial charge in [-0.05, 0) is 42.2 Å². The second-order valence-corrected chi connectivity index (χ2v) is 19.0. The molecule has 0 atom stereocenters. The number of imidazole rings is 3. The molecule has 25 nitrogen and oxygen atoms in total. The molecule has 9 heterocycles. The Morgan fingerprint density at radius 2 is 0.867 bits per heavy atom. The van der Waals surface area contributed by atoms with Gasteiger partial charge >= 0.3 is 7.12 Å². The molecule has 0 saturated heterocycles. The average Bonchev–Trinajstić information content (AvgIpc) is 3.92. The summed E-state index contributed by atoms with van der Waals surface area (Å²) < 4.78 is 37.1. The molecule has 12 aromatic rings. The summed E-state index contributed by atoms with van der Waals surface area (Å²) in [7, 11) is 9.52. The number of hydrogen-bond acceptors (Lipinski definition) is 19. The molecule has 0 radical (unpaired) electrons. The van der Waals surface area contributed by atoms with E-state index in [1.165, 1.54) is 55.4 Å². The van der Waals surface area contributed by atoms with E-state index in [2.05, 4.69) is 87.4 Å². The Hall–Kier alpha value is -10.00. The van der Waals surface area contributed by atoms with E-state index in [1.807, 2.05) is 61.1 Å². The van der Waals surface area contributed by atoms with Gasteiger partial charge in [-0.1, -0.05) is 72.8 Å². The van der Waals surface area contributed by atoms with E-state index in [0.717, 1.165) is 95.5 Å². The number of rotatable bonds is 12. The van der Waals surface area contributed by atoms with Gasteiger partial charge in [0.1, 0.15) is 87.3 Å². The van der Waals surface area contributed by atoms with Crippen molar-refractivity contribution in [2.24, 2.45) is 21.1 Å². The number of nitrogens with one attached hydrogen (secondary N) is 3. The van der Waals surface area contributed by atoms with Crippen LogP contribution < -0.4 is 21.4 Å². The maximum atomic E-state index is 12.9. The van der Waals surface area contributed by atoms with E-state index in [4.69, 9.17) is 15.0 Å². The first-order valence-electron chi connectivity index (χ1n) is 25.2. The normalized spacial score (nSPS) is 11.0. The Kier molecular flexibility index (Phi) is 17.2. The average molecular weight is 1190 g/mol. The van der Waals surface area contributed by atoms with Crippen LogP contribution in [-0.2, 0) is 21.1 Å². The van der Waals surface area contributed by atoms with Gasteiger partial charge in [-0.3, -0.25) is 23.6 Å². The van der Waals surface area contributed by atoms with E-state index in [-0.39, 0.29) is 5.56 Å². The Balaban J connectivity index is 0.000000139. The van der Waals surface area contributed by atoms with Gasteiger partial charge < -0.3 is 26.0 Å². The third-order valence-corrected chi connectivity index (χ3v) is 14.1. The molecule has 5 N–H and O–H groups in total. The highest BCUT2D eigenvalue weighted by atomic mass is 79.9. The van der Waals surface area contributed by atoms with Gasteiger partial charge in [-0.2, -0.15) is 30.6 Å². The van der Waals surface area contributed by atoms with Crippen LogP contribution in [0.3, 0.4) is 0 Å². The maximum absolute atomic E-state index is 12.9. The number of benzene rings is 3. The lowest BCUT2D eigenvalue weighted by molar-refractivity contribution is 0.111. The molecule has 0 bridgehead atoms. The third-order valence-electron chi connectivity index (χ3n) is 13.1. The number of anilines is 3. The second-order valence-electron chi connectivity index (χ2n) is 18.2. The Bertz CT molecular complexity index is 4270. The number of hydrogen-bond donors (Lipinski definition) is 5. The van der Waals surface area contributed by atoms with E-state index < -0.39 is 13.5 Å². The first-order chi connectivity index (χ1) is 40.0. The first kappa shape index (κ1) is 57.7. The van der Waals surface area contributed by atoms with Crippen molar-refractivity contribution in [3.05, 3.63) is 149 Å². The van der Waals surface area contributed by atoms with Gasteiger partial charge in [0.2, 0.25) is 0 Å². The minimum absolute atomic E-state index is 0.0170. The third kappa shape index (κ3) is 11.5. The number of aromatic nitrogens is 18. The Morgan fingerprint density at radius 3 is 1.20 bits per heavy atom. The molecule has 29 heteroatoms. The summed E-state index contributed by atoms with van der Waals surface area (Å²) in [4.78, 5) is 47.9. The van der Waals surface area contributed by atoms with Crippen molar-refractivity contribution < 1.29 is 28.4 Å². The van der Waals surface area contributed by atoms with Crippen LogP contribution in [0.5, 0.6) is 0 Å². The summed E-state index contributed by atoms with van der Waals surface area (Å²) in [6.45, 7) is 5.67. The van der Waals surface area contributed by atoms with Crippen molar-refractivity contribution in [3.8, 4) is 56.3 Å². The highest BCUT2D eigenvalue weighted by molar-refractivity contribution is 9.10. The van der Waals surface area contributed by atoms with Crippen molar-refractivity contribution in [1.29, 1.82) is 0 Å².